The standard InChI is InChI=1S/C30H25N3O5S/c34-17-19-6-8-20(9-7-19)26-16-23(18-39-30-31-14-3-15-32-30)37-29(38-26)21-10-12-22(13-11-21)33-27(35)24-4-1-2-5-25(24)28(33)36/h1-15,23,26,29,34H,16-18H2/t23-,26+,29+/m1/s1. The lowest BCUT2D eigenvalue weighted by Crippen LogP contribution is -2.31. The second-order valence-electron chi connectivity index (χ2n) is 9.28. The molecular formula is C30H25N3O5S. The van der Waals surface area contributed by atoms with Crippen LogP contribution in [-0.4, -0.2) is 38.7 Å². The van der Waals surface area contributed by atoms with Crippen LogP contribution in [0.2, 0.25) is 0 Å². The van der Waals surface area contributed by atoms with Gasteiger partial charge in [0.15, 0.2) is 11.4 Å². The Morgan fingerprint density at radius 1 is 0.821 bits per heavy atom. The second-order valence-corrected chi connectivity index (χ2v) is 10.3. The molecule has 0 spiro atoms. The van der Waals surface area contributed by atoms with E-state index in [9.17, 15) is 14.7 Å². The average molecular weight is 540 g/mol. The molecule has 0 aliphatic carbocycles. The van der Waals surface area contributed by atoms with Crippen molar-refractivity contribution in [3.05, 3.63) is 119 Å². The number of fused-ring (bicyclic) bond motifs is 1. The summed E-state index contributed by atoms with van der Waals surface area (Å²) in [5, 5.41) is 10.1. The first kappa shape index (κ1) is 25.4. The highest BCUT2D eigenvalue weighted by Crippen LogP contribution is 2.40. The van der Waals surface area contributed by atoms with Crippen molar-refractivity contribution in [2.45, 2.75) is 36.7 Å². The zero-order valence-corrected chi connectivity index (χ0v) is 21.7. The highest BCUT2D eigenvalue weighted by Gasteiger charge is 2.37. The van der Waals surface area contributed by atoms with Crippen LogP contribution in [0.25, 0.3) is 0 Å². The van der Waals surface area contributed by atoms with E-state index in [2.05, 4.69) is 9.97 Å². The van der Waals surface area contributed by atoms with Crippen LogP contribution in [0.5, 0.6) is 0 Å². The number of hydrogen-bond donors (Lipinski definition) is 1. The Kier molecular flexibility index (Phi) is 7.21. The van der Waals surface area contributed by atoms with Gasteiger partial charge < -0.3 is 14.6 Å². The average Bonchev–Trinajstić information content (AvgIpc) is 3.26. The van der Waals surface area contributed by atoms with Crippen LogP contribution in [0, 0.1) is 0 Å². The molecule has 2 aliphatic heterocycles. The second kappa shape index (κ2) is 11.1. The van der Waals surface area contributed by atoms with Gasteiger partial charge in [-0.1, -0.05) is 60.3 Å². The molecule has 0 radical (unpaired) electrons. The van der Waals surface area contributed by atoms with Crippen molar-refractivity contribution in [3.63, 3.8) is 0 Å². The molecule has 39 heavy (non-hydrogen) atoms. The quantitative estimate of drug-likeness (QED) is 0.197. The molecule has 6 rings (SSSR count). The van der Waals surface area contributed by atoms with E-state index in [1.807, 2.05) is 36.4 Å². The van der Waals surface area contributed by atoms with Gasteiger partial charge in [-0.3, -0.25) is 9.59 Å². The summed E-state index contributed by atoms with van der Waals surface area (Å²) in [6.45, 7) is -0.0205. The summed E-state index contributed by atoms with van der Waals surface area (Å²) in [4.78, 5) is 35.6. The summed E-state index contributed by atoms with van der Waals surface area (Å²) >= 11 is 1.52. The lowest BCUT2D eigenvalue weighted by atomic mass is 10.0. The number of rotatable bonds is 7. The molecule has 1 aromatic heterocycles. The zero-order chi connectivity index (χ0) is 26.8. The van der Waals surface area contributed by atoms with Gasteiger partial charge >= 0.3 is 0 Å². The predicted molar refractivity (Wildman–Crippen MR) is 145 cm³/mol. The number of carbonyl (C=O) groups excluding carboxylic acids is 2. The highest BCUT2D eigenvalue weighted by atomic mass is 32.2. The van der Waals surface area contributed by atoms with Crippen LogP contribution >= 0.6 is 11.8 Å². The number of imide groups is 1. The van der Waals surface area contributed by atoms with Gasteiger partial charge in [-0.2, -0.15) is 0 Å². The Bertz CT molecular complexity index is 1450. The first-order valence-corrected chi connectivity index (χ1v) is 13.6. The van der Waals surface area contributed by atoms with E-state index in [1.54, 1.807) is 54.9 Å². The number of thioether (sulfide) groups is 1. The minimum absolute atomic E-state index is 0.0205. The molecule has 8 nitrogen and oxygen atoms in total. The fourth-order valence-electron chi connectivity index (χ4n) is 4.75. The van der Waals surface area contributed by atoms with Gasteiger partial charge in [-0.25, -0.2) is 14.9 Å². The summed E-state index contributed by atoms with van der Waals surface area (Å²) in [6.07, 6.45) is 3.04. The molecule has 1 N–H and O–H groups in total. The number of nitrogens with zero attached hydrogens (tertiary/aromatic N) is 3. The summed E-state index contributed by atoms with van der Waals surface area (Å²) in [6, 6.07) is 23.5. The molecule has 0 bridgehead atoms. The topological polar surface area (TPSA) is 102 Å². The third-order valence-corrected chi connectivity index (χ3v) is 7.78. The van der Waals surface area contributed by atoms with Crippen LogP contribution < -0.4 is 4.90 Å². The molecule has 196 valence electrons. The number of carbonyl (C=O) groups is 2. The van der Waals surface area contributed by atoms with Gasteiger partial charge in [-0.05, 0) is 41.5 Å². The summed E-state index contributed by atoms with van der Waals surface area (Å²) in [7, 11) is 0. The van der Waals surface area contributed by atoms with E-state index in [0.29, 0.717) is 34.1 Å². The van der Waals surface area contributed by atoms with E-state index in [0.717, 1.165) is 16.7 Å². The zero-order valence-electron chi connectivity index (χ0n) is 20.8. The lowest BCUT2D eigenvalue weighted by Gasteiger charge is -2.36. The van der Waals surface area contributed by atoms with E-state index in [-0.39, 0.29) is 30.6 Å². The smallest absolute Gasteiger partial charge is 0.266 e. The molecule has 3 heterocycles. The number of ether oxygens (including phenoxy) is 2. The molecule has 3 aromatic carbocycles. The van der Waals surface area contributed by atoms with Crippen molar-refractivity contribution in [1.29, 1.82) is 0 Å². The van der Waals surface area contributed by atoms with Crippen LogP contribution in [0.1, 0.15) is 56.2 Å². The number of aliphatic hydroxyl groups is 1. The van der Waals surface area contributed by atoms with Crippen LogP contribution in [-0.2, 0) is 16.1 Å². The SMILES string of the molecule is O=C1c2ccccc2C(=O)N1c1ccc([C@H]2O[C@@H](CSc3ncccn3)C[C@@H](c3ccc(CO)cc3)O2)cc1. The van der Waals surface area contributed by atoms with Crippen molar-refractivity contribution in [1.82, 2.24) is 9.97 Å². The first-order valence-electron chi connectivity index (χ1n) is 12.6. The van der Waals surface area contributed by atoms with Crippen LogP contribution in [0.4, 0.5) is 5.69 Å². The number of amides is 2. The van der Waals surface area contributed by atoms with Crippen LogP contribution in [0.3, 0.4) is 0 Å². The molecule has 2 amide bonds. The minimum Gasteiger partial charge on any atom is -0.392 e. The van der Waals surface area contributed by atoms with Crippen molar-refractivity contribution in [2.75, 3.05) is 10.7 Å². The molecular weight excluding hydrogens is 514 g/mol. The predicted octanol–water partition coefficient (Wildman–Crippen LogP) is 5.11. The third kappa shape index (κ3) is 5.22. The number of aromatic nitrogens is 2. The summed E-state index contributed by atoms with van der Waals surface area (Å²) < 4.78 is 12.8. The Balaban J connectivity index is 1.23. The fraction of sp³-hybridized carbons (Fsp3) is 0.200. The number of hydrogen-bond acceptors (Lipinski definition) is 8. The normalized spacial score (nSPS) is 20.7. The molecule has 3 atom stereocenters. The van der Waals surface area contributed by atoms with Crippen molar-refractivity contribution < 1.29 is 24.2 Å². The van der Waals surface area contributed by atoms with Crippen molar-refractivity contribution >= 4 is 29.3 Å². The van der Waals surface area contributed by atoms with E-state index < -0.39 is 6.29 Å². The number of benzene rings is 3. The maximum Gasteiger partial charge on any atom is 0.266 e. The Morgan fingerprint density at radius 2 is 1.46 bits per heavy atom. The maximum absolute atomic E-state index is 12.9. The van der Waals surface area contributed by atoms with Gasteiger partial charge in [0.25, 0.3) is 11.8 Å². The fourth-order valence-corrected chi connectivity index (χ4v) is 5.57. The Morgan fingerprint density at radius 3 is 2.10 bits per heavy atom. The minimum atomic E-state index is -0.653. The van der Waals surface area contributed by atoms with Gasteiger partial charge in [0.05, 0.1) is 35.6 Å². The summed E-state index contributed by atoms with van der Waals surface area (Å²) in [5.74, 6) is -0.0253. The summed E-state index contributed by atoms with van der Waals surface area (Å²) in [5.41, 5.74) is 3.91. The van der Waals surface area contributed by atoms with E-state index in [4.69, 9.17) is 9.47 Å². The molecule has 4 aromatic rings. The van der Waals surface area contributed by atoms with E-state index >= 15 is 0 Å². The molecule has 0 saturated carbocycles. The maximum atomic E-state index is 12.9. The van der Waals surface area contributed by atoms with Crippen molar-refractivity contribution in [3.8, 4) is 0 Å². The number of anilines is 1. The monoisotopic (exact) mass is 539 g/mol. The Hall–Kier alpha value is -3.89. The molecule has 0 unspecified atom stereocenters. The van der Waals surface area contributed by atoms with Gasteiger partial charge in [-0.15, -0.1) is 0 Å². The van der Waals surface area contributed by atoms with Crippen molar-refractivity contribution in [2.24, 2.45) is 0 Å². The van der Waals surface area contributed by atoms with Gasteiger partial charge in [0.1, 0.15) is 0 Å². The van der Waals surface area contributed by atoms with Crippen LogP contribution in [0.15, 0.2) is 96.4 Å². The molecule has 1 saturated heterocycles. The number of aliphatic hydroxyl groups excluding tert-OH is 1. The molecule has 1 fully saturated rings. The third-order valence-electron chi connectivity index (χ3n) is 6.77. The highest BCUT2D eigenvalue weighted by molar-refractivity contribution is 7.99. The largest absolute Gasteiger partial charge is 0.392 e. The first-order chi connectivity index (χ1) is 19.1. The Labute approximate surface area is 229 Å². The van der Waals surface area contributed by atoms with Gasteiger partial charge in [0, 0.05) is 30.1 Å². The molecule has 9 heteroatoms. The lowest BCUT2D eigenvalue weighted by molar-refractivity contribution is -0.245. The van der Waals surface area contributed by atoms with E-state index in [1.165, 1.54) is 16.7 Å². The molecule has 2 aliphatic rings. The van der Waals surface area contributed by atoms with Gasteiger partial charge in [0.2, 0.25) is 0 Å².